The normalized spacial score (nSPS) is 15.0. The molecule has 7 nitrogen and oxygen atoms in total. The van der Waals surface area contributed by atoms with Gasteiger partial charge in [0.25, 0.3) is 5.91 Å². The molecule has 2 amide bonds. The topological polar surface area (TPSA) is 84.1 Å². The number of ether oxygens (including phenoxy) is 1. The van der Waals surface area contributed by atoms with Gasteiger partial charge in [0.2, 0.25) is 5.91 Å². The lowest BCUT2D eigenvalue weighted by Gasteiger charge is -2.19. The zero-order valence-electron chi connectivity index (χ0n) is 17.6. The van der Waals surface area contributed by atoms with Crippen LogP contribution in [0.3, 0.4) is 0 Å². The van der Waals surface area contributed by atoms with E-state index in [2.05, 4.69) is 10.3 Å². The maximum Gasteiger partial charge on any atom is 0.283 e. The highest BCUT2D eigenvalue weighted by atomic mass is 35.5. The van der Waals surface area contributed by atoms with E-state index in [0.29, 0.717) is 27.4 Å². The van der Waals surface area contributed by atoms with E-state index in [4.69, 9.17) is 20.8 Å². The quantitative estimate of drug-likeness (QED) is 0.575. The standard InChI is InChI=1S/C22H24ClN3O4S/c1-4-14(5-2)24-20(27)13-31-22-25-18(12-16-7-6-10-30-16)21(28)26(22)15-8-9-19(29-3)17(23)11-15/h6-12,14H,4-5,13H2,1-3H3,(H,24,27). The van der Waals surface area contributed by atoms with E-state index in [1.54, 1.807) is 36.4 Å². The third kappa shape index (κ3) is 5.51. The molecule has 31 heavy (non-hydrogen) atoms. The van der Waals surface area contributed by atoms with Gasteiger partial charge in [-0.1, -0.05) is 37.2 Å². The number of benzene rings is 1. The van der Waals surface area contributed by atoms with Gasteiger partial charge in [-0.2, -0.15) is 0 Å². The molecular weight excluding hydrogens is 438 g/mol. The summed E-state index contributed by atoms with van der Waals surface area (Å²) >= 11 is 7.46. The number of carbonyl (C=O) groups is 2. The zero-order valence-corrected chi connectivity index (χ0v) is 19.1. The van der Waals surface area contributed by atoms with E-state index in [1.807, 2.05) is 13.8 Å². The molecule has 0 bridgehead atoms. The van der Waals surface area contributed by atoms with Crippen molar-refractivity contribution in [3.8, 4) is 5.75 Å². The van der Waals surface area contributed by atoms with E-state index in [0.717, 1.165) is 12.8 Å². The highest BCUT2D eigenvalue weighted by molar-refractivity contribution is 8.14. The minimum absolute atomic E-state index is 0.106. The molecular formula is C22H24ClN3O4S. The Morgan fingerprint density at radius 2 is 2.13 bits per heavy atom. The van der Waals surface area contributed by atoms with Crippen LogP contribution in [-0.2, 0) is 9.59 Å². The molecule has 9 heteroatoms. The number of amidine groups is 1. The van der Waals surface area contributed by atoms with Gasteiger partial charge in [-0.3, -0.25) is 14.5 Å². The second-order valence-electron chi connectivity index (χ2n) is 6.77. The maximum absolute atomic E-state index is 13.1. The summed E-state index contributed by atoms with van der Waals surface area (Å²) in [5, 5.41) is 3.75. The molecule has 0 atom stereocenters. The van der Waals surface area contributed by atoms with Crippen molar-refractivity contribution in [3.63, 3.8) is 0 Å². The Bertz CT molecular complexity index is 1000. The summed E-state index contributed by atoms with van der Waals surface area (Å²) in [4.78, 5) is 31.4. The van der Waals surface area contributed by atoms with Gasteiger partial charge in [0.1, 0.15) is 17.2 Å². The van der Waals surface area contributed by atoms with Crippen molar-refractivity contribution in [1.82, 2.24) is 5.32 Å². The van der Waals surface area contributed by atoms with Gasteiger partial charge in [-0.05, 0) is 43.2 Å². The lowest BCUT2D eigenvalue weighted by Crippen LogP contribution is -2.36. The molecule has 2 aromatic rings. The Balaban J connectivity index is 1.86. The van der Waals surface area contributed by atoms with Crippen molar-refractivity contribution < 1.29 is 18.7 Å². The molecule has 0 saturated heterocycles. The van der Waals surface area contributed by atoms with Gasteiger partial charge >= 0.3 is 0 Å². The molecule has 1 N–H and O–H groups in total. The van der Waals surface area contributed by atoms with Crippen molar-refractivity contribution in [1.29, 1.82) is 0 Å². The van der Waals surface area contributed by atoms with Gasteiger partial charge < -0.3 is 14.5 Å². The molecule has 2 heterocycles. The van der Waals surface area contributed by atoms with Crippen LogP contribution in [0.2, 0.25) is 5.02 Å². The Labute approximate surface area is 190 Å². The first kappa shape index (κ1) is 23.0. The summed E-state index contributed by atoms with van der Waals surface area (Å²) in [6.45, 7) is 4.06. The smallest absolute Gasteiger partial charge is 0.283 e. The number of amides is 2. The maximum atomic E-state index is 13.1. The van der Waals surface area contributed by atoms with Crippen LogP contribution in [0.5, 0.6) is 5.75 Å². The summed E-state index contributed by atoms with van der Waals surface area (Å²) < 4.78 is 10.5. The summed E-state index contributed by atoms with van der Waals surface area (Å²) in [6, 6.07) is 8.63. The van der Waals surface area contributed by atoms with Crippen molar-refractivity contribution in [2.24, 2.45) is 4.99 Å². The minimum Gasteiger partial charge on any atom is -0.495 e. The summed E-state index contributed by atoms with van der Waals surface area (Å²) in [6.07, 6.45) is 4.81. The molecule has 1 aliphatic heterocycles. The zero-order chi connectivity index (χ0) is 22.4. The second-order valence-corrected chi connectivity index (χ2v) is 8.12. The number of methoxy groups -OCH3 is 1. The van der Waals surface area contributed by atoms with Crippen LogP contribution in [0, 0.1) is 0 Å². The Kier molecular flexibility index (Phi) is 7.81. The van der Waals surface area contributed by atoms with Crippen LogP contribution in [0.4, 0.5) is 5.69 Å². The van der Waals surface area contributed by atoms with Crippen molar-refractivity contribution in [2.45, 2.75) is 32.7 Å². The van der Waals surface area contributed by atoms with Gasteiger partial charge in [-0.25, -0.2) is 4.99 Å². The van der Waals surface area contributed by atoms with Crippen molar-refractivity contribution in [2.75, 3.05) is 17.8 Å². The number of halogens is 1. The summed E-state index contributed by atoms with van der Waals surface area (Å²) in [7, 11) is 1.52. The first-order valence-corrected chi connectivity index (χ1v) is 11.3. The molecule has 164 valence electrons. The molecule has 0 spiro atoms. The highest BCUT2D eigenvalue weighted by Crippen LogP contribution is 2.34. The number of aliphatic imine (C=N–C) groups is 1. The molecule has 0 fully saturated rings. The average Bonchev–Trinajstić information content (AvgIpc) is 3.38. The lowest BCUT2D eigenvalue weighted by molar-refractivity contribution is -0.119. The number of rotatable bonds is 8. The van der Waals surface area contributed by atoms with Gasteiger partial charge in [0.15, 0.2) is 5.17 Å². The molecule has 1 aromatic heterocycles. The van der Waals surface area contributed by atoms with Crippen molar-refractivity contribution >= 4 is 52.1 Å². The van der Waals surface area contributed by atoms with Crippen LogP contribution in [0.15, 0.2) is 51.7 Å². The third-order valence-corrected chi connectivity index (χ3v) is 5.96. The molecule has 0 radical (unpaired) electrons. The van der Waals surface area contributed by atoms with Crippen molar-refractivity contribution in [3.05, 3.63) is 53.1 Å². The predicted molar refractivity (Wildman–Crippen MR) is 125 cm³/mol. The summed E-state index contributed by atoms with van der Waals surface area (Å²) in [5.74, 6) is 0.707. The molecule has 0 aliphatic carbocycles. The lowest BCUT2D eigenvalue weighted by atomic mass is 10.2. The number of anilines is 1. The number of furan rings is 1. The van der Waals surface area contributed by atoms with E-state index < -0.39 is 0 Å². The first-order valence-electron chi connectivity index (χ1n) is 9.90. The fraction of sp³-hybridized carbons (Fsp3) is 0.318. The van der Waals surface area contributed by atoms with Gasteiger partial charge in [0, 0.05) is 12.1 Å². The number of thioether (sulfide) groups is 1. The van der Waals surface area contributed by atoms with Gasteiger partial charge in [-0.15, -0.1) is 0 Å². The molecule has 1 aromatic carbocycles. The van der Waals surface area contributed by atoms with Crippen LogP contribution >= 0.6 is 23.4 Å². The van der Waals surface area contributed by atoms with E-state index in [9.17, 15) is 9.59 Å². The van der Waals surface area contributed by atoms with Crippen LogP contribution in [0.25, 0.3) is 6.08 Å². The summed E-state index contributed by atoms with van der Waals surface area (Å²) in [5.41, 5.74) is 0.745. The number of nitrogens with zero attached hydrogens (tertiary/aromatic N) is 2. The van der Waals surface area contributed by atoms with E-state index in [1.165, 1.54) is 30.0 Å². The SMILES string of the molecule is CCC(CC)NC(=O)CSC1=NC(=Cc2ccco2)C(=O)N1c1ccc(OC)c(Cl)c1. The highest BCUT2D eigenvalue weighted by Gasteiger charge is 2.33. The monoisotopic (exact) mass is 461 g/mol. The molecule has 0 saturated carbocycles. The number of hydrogen-bond acceptors (Lipinski definition) is 6. The van der Waals surface area contributed by atoms with E-state index in [-0.39, 0.29) is 29.3 Å². The molecule has 1 aliphatic rings. The fourth-order valence-corrected chi connectivity index (χ4v) is 4.09. The molecule has 0 unspecified atom stereocenters. The third-order valence-electron chi connectivity index (χ3n) is 4.73. The molecule has 3 rings (SSSR count). The predicted octanol–water partition coefficient (Wildman–Crippen LogP) is 4.72. The van der Waals surface area contributed by atoms with Crippen LogP contribution < -0.4 is 15.0 Å². The van der Waals surface area contributed by atoms with Crippen LogP contribution in [0.1, 0.15) is 32.4 Å². The first-order chi connectivity index (χ1) is 15.0. The van der Waals surface area contributed by atoms with E-state index >= 15 is 0 Å². The number of nitrogens with one attached hydrogen (secondary N) is 1. The largest absolute Gasteiger partial charge is 0.495 e. The minimum atomic E-state index is -0.333. The van der Waals surface area contributed by atoms with Crippen LogP contribution in [-0.4, -0.2) is 35.9 Å². The Morgan fingerprint density at radius 3 is 2.74 bits per heavy atom. The number of hydrogen-bond donors (Lipinski definition) is 1. The Hall–Kier alpha value is -2.71. The fourth-order valence-electron chi connectivity index (χ4n) is 3.02. The Morgan fingerprint density at radius 1 is 1.35 bits per heavy atom. The second kappa shape index (κ2) is 10.5. The number of carbonyl (C=O) groups excluding carboxylic acids is 2. The average molecular weight is 462 g/mol. The van der Waals surface area contributed by atoms with Gasteiger partial charge in [0.05, 0.1) is 29.8 Å².